The molecule has 0 unspecified atom stereocenters. The molecule has 2 aliphatic rings. The predicted octanol–water partition coefficient (Wildman–Crippen LogP) is 1.53. The highest BCUT2D eigenvalue weighted by Crippen LogP contribution is 2.28. The first-order valence-electron chi connectivity index (χ1n) is 8.51. The molecule has 3 amide bonds. The van der Waals surface area contributed by atoms with Crippen molar-refractivity contribution in [3.05, 3.63) is 18.3 Å². The first-order chi connectivity index (χ1) is 12.0. The van der Waals surface area contributed by atoms with Gasteiger partial charge >= 0.3 is 6.03 Å². The topological polar surface area (TPSA) is 118 Å². The number of pyridine rings is 1. The van der Waals surface area contributed by atoms with Crippen LogP contribution in [0.5, 0.6) is 0 Å². The zero-order valence-electron chi connectivity index (χ0n) is 13.9. The van der Waals surface area contributed by atoms with Gasteiger partial charge in [-0.25, -0.2) is 9.78 Å². The molecule has 1 aromatic heterocycles. The first kappa shape index (κ1) is 17.2. The number of anilines is 2. The molecule has 2 fully saturated rings. The minimum Gasteiger partial charge on any atom is -0.368 e. The molecule has 1 aliphatic carbocycles. The third kappa shape index (κ3) is 3.72. The van der Waals surface area contributed by atoms with Gasteiger partial charge in [0.15, 0.2) is 0 Å². The van der Waals surface area contributed by atoms with Gasteiger partial charge in [-0.3, -0.25) is 10.1 Å². The van der Waals surface area contributed by atoms with Crippen molar-refractivity contribution in [2.24, 2.45) is 0 Å². The molecular weight excluding hydrogens is 322 g/mol. The van der Waals surface area contributed by atoms with Crippen LogP contribution in [0, 0.1) is 11.3 Å². The largest absolute Gasteiger partial charge is 0.368 e. The fourth-order valence-electron chi connectivity index (χ4n) is 3.30. The summed E-state index contributed by atoms with van der Waals surface area (Å²) in [6.45, 7) is 0.237. The molecule has 8 heteroatoms. The van der Waals surface area contributed by atoms with Crippen LogP contribution in [0.3, 0.4) is 0 Å². The Balaban J connectivity index is 1.65. The van der Waals surface area contributed by atoms with Crippen LogP contribution >= 0.6 is 0 Å². The summed E-state index contributed by atoms with van der Waals surface area (Å²) in [4.78, 5) is 29.7. The van der Waals surface area contributed by atoms with Gasteiger partial charge in [0, 0.05) is 37.0 Å². The highest BCUT2D eigenvalue weighted by atomic mass is 16.3. The van der Waals surface area contributed by atoms with E-state index in [1.807, 2.05) is 0 Å². The third-order valence-electron chi connectivity index (χ3n) is 4.72. The van der Waals surface area contributed by atoms with Crippen LogP contribution in [-0.2, 0) is 4.79 Å². The van der Waals surface area contributed by atoms with Crippen molar-refractivity contribution in [1.82, 2.24) is 10.3 Å². The average molecular weight is 343 g/mol. The lowest BCUT2D eigenvalue weighted by Crippen LogP contribution is -2.39. The number of hydrogen-bond acceptors (Lipinski definition) is 5. The van der Waals surface area contributed by atoms with Crippen molar-refractivity contribution in [2.75, 3.05) is 16.8 Å². The number of aromatic nitrogens is 1. The minimum absolute atomic E-state index is 0.0512. The number of nitriles is 1. The molecule has 2 heterocycles. The SMILES string of the molecule is N#C[C@@]1(O)CCN(c2ccnc(NC(=O)NC3CCCCC3)c2)C1=O. The lowest BCUT2D eigenvalue weighted by Gasteiger charge is -2.23. The summed E-state index contributed by atoms with van der Waals surface area (Å²) in [5.74, 6) is -0.343. The Bertz CT molecular complexity index is 710. The van der Waals surface area contributed by atoms with Gasteiger partial charge in [0.05, 0.1) is 0 Å². The van der Waals surface area contributed by atoms with Gasteiger partial charge in [0.2, 0.25) is 5.60 Å². The summed E-state index contributed by atoms with van der Waals surface area (Å²) in [6.07, 6.45) is 6.95. The van der Waals surface area contributed by atoms with E-state index in [-0.39, 0.29) is 25.0 Å². The number of aliphatic hydroxyl groups is 1. The maximum atomic E-state index is 12.2. The van der Waals surface area contributed by atoms with Crippen molar-refractivity contribution in [2.45, 2.75) is 50.2 Å². The van der Waals surface area contributed by atoms with Crippen LogP contribution in [0.2, 0.25) is 0 Å². The molecule has 25 heavy (non-hydrogen) atoms. The third-order valence-corrected chi connectivity index (χ3v) is 4.72. The first-order valence-corrected chi connectivity index (χ1v) is 8.51. The van der Waals surface area contributed by atoms with Crippen molar-refractivity contribution in [3.8, 4) is 6.07 Å². The van der Waals surface area contributed by atoms with Crippen molar-refractivity contribution < 1.29 is 14.7 Å². The maximum Gasteiger partial charge on any atom is 0.320 e. The number of nitrogens with one attached hydrogen (secondary N) is 2. The molecule has 1 saturated carbocycles. The van der Waals surface area contributed by atoms with Gasteiger partial charge in [-0.05, 0) is 18.9 Å². The van der Waals surface area contributed by atoms with Crippen LogP contribution in [0.1, 0.15) is 38.5 Å². The van der Waals surface area contributed by atoms with Crippen molar-refractivity contribution in [1.29, 1.82) is 5.26 Å². The Morgan fingerprint density at radius 2 is 2.16 bits per heavy atom. The van der Waals surface area contributed by atoms with E-state index in [1.54, 1.807) is 18.2 Å². The van der Waals surface area contributed by atoms with Gasteiger partial charge in [-0.2, -0.15) is 5.26 Å². The molecule has 3 rings (SSSR count). The lowest BCUT2D eigenvalue weighted by molar-refractivity contribution is -0.128. The van der Waals surface area contributed by atoms with Crippen LogP contribution in [0.4, 0.5) is 16.3 Å². The summed E-state index contributed by atoms with van der Waals surface area (Å²) in [6, 6.07) is 4.67. The molecule has 1 aromatic rings. The molecule has 132 valence electrons. The normalized spacial score (nSPS) is 24.0. The van der Waals surface area contributed by atoms with Gasteiger partial charge in [0.25, 0.3) is 5.91 Å². The monoisotopic (exact) mass is 343 g/mol. The number of amides is 3. The summed E-state index contributed by atoms with van der Waals surface area (Å²) < 4.78 is 0. The van der Waals surface area contributed by atoms with Crippen molar-refractivity contribution in [3.63, 3.8) is 0 Å². The Morgan fingerprint density at radius 1 is 1.40 bits per heavy atom. The maximum absolute atomic E-state index is 12.2. The Morgan fingerprint density at radius 3 is 2.84 bits per heavy atom. The highest BCUT2D eigenvalue weighted by Gasteiger charge is 2.46. The molecule has 8 nitrogen and oxygen atoms in total. The van der Waals surface area contributed by atoms with E-state index in [4.69, 9.17) is 5.26 Å². The molecular formula is C17H21N5O3. The second-order valence-corrected chi connectivity index (χ2v) is 6.51. The van der Waals surface area contributed by atoms with E-state index in [0.717, 1.165) is 25.7 Å². The number of hydrogen-bond donors (Lipinski definition) is 3. The summed E-state index contributed by atoms with van der Waals surface area (Å²) in [5, 5.41) is 24.5. The molecule has 0 aromatic carbocycles. The van der Waals surface area contributed by atoms with E-state index >= 15 is 0 Å². The van der Waals surface area contributed by atoms with Gasteiger partial charge in [-0.15, -0.1) is 0 Å². The zero-order valence-corrected chi connectivity index (χ0v) is 13.9. The van der Waals surface area contributed by atoms with E-state index in [1.165, 1.54) is 17.5 Å². The lowest BCUT2D eigenvalue weighted by atomic mass is 9.96. The second kappa shape index (κ2) is 7.07. The van der Waals surface area contributed by atoms with Crippen molar-refractivity contribution >= 4 is 23.4 Å². The second-order valence-electron chi connectivity index (χ2n) is 6.51. The number of rotatable bonds is 3. The minimum atomic E-state index is -1.98. The van der Waals surface area contributed by atoms with Gasteiger partial charge in [-0.1, -0.05) is 19.3 Å². The van der Waals surface area contributed by atoms with E-state index in [2.05, 4.69) is 15.6 Å². The summed E-state index contributed by atoms with van der Waals surface area (Å²) in [7, 11) is 0. The Kier molecular flexibility index (Phi) is 4.86. The summed E-state index contributed by atoms with van der Waals surface area (Å²) >= 11 is 0. The Hall–Kier alpha value is -2.66. The molecule has 1 saturated heterocycles. The smallest absolute Gasteiger partial charge is 0.320 e. The predicted molar refractivity (Wildman–Crippen MR) is 90.8 cm³/mol. The molecule has 1 atom stereocenters. The van der Waals surface area contributed by atoms with Crippen LogP contribution in [0.25, 0.3) is 0 Å². The summed E-state index contributed by atoms with van der Waals surface area (Å²) in [5.41, 5.74) is -1.49. The van der Waals surface area contributed by atoms with E-state index in [0.29, 0.717) is 11.5 Å². The highest BCUT2D eigenvalue weighted by molar-refractivity contribution is 6.04. The molecule has 0 spiro atoms. The fourth-order valence-corrected chi connectivity index (χ4v) is 3.30. The average Bonchev–Trinajstić information content (AvgIpc) is 2.92. The molecule has 1 aliphatic heterocycles. The zero-order chi connectivity index (χ0) is 17.9. The standard InChI is InChI=1S/C17H21N5O3/c18-11-17(25)7-9-22(15(17)23)13-6-8-19-14(10-13)21-16(24)20-12-4-2-1-3-5-12/h6,8,10,12,25H,1-5,7,9H2,(H2,19,20,21,24)/t17-/m0/s1. The molecule has 0 bridgehead atoms. The number of urea groups is 1. The number of carbonyl (C=O) groups is 2. The van der Waals surface area contributed by atoms with Gasteiger partial charge in [0.1, 0.15) is 11.9 Å². The fraction of sp³-hybridized carbons (Fsp3) is 0.529. The van der Waals surface area contributed by atoms with E-state index < -0.39 is 11.5 Å². The van der Waals surface area contributed by atoms with Crippen LogP contribution in [0.15, 0.2) is 18.3 Å². The Labute approximate surface area is 145 Å². The molecule has 0 radical (unpaired) electrons. The van der Waals surface area contributed by atoms with Crippen LogP contribution < -0.4 is 15.5 Å². The van der Waals surface area contributed by atoms with Crippen LogP contribution in [-0.4, -0.2) is 40.2 Å². The number of carbonyl (C=O) groups excluding carboxylic acids is 2. The van der Waals surface area contributed by atoms with Gasteiger partial charge < -0.3 is 15.3 Å². The quantitative estimate of drug-likeness (QED) is 0.719. The molecule has 3 N–H and O–H groups in total. The van der Waals surface area contributed by atoms with E-state index in [9.17, 15) is 14.7 Å². The number of nitrogens with zero attached hydrogens (tertiary/aromatic N) is 3.